The van der Waals surface area contributed by atoms with E-state index in [0.29, 0.717) is 12.3 Å². The Morgan fingerprint density at radius 2 is 2.50 bits per heavy atom. The third kappa shape index (κ3) is 3.49. The molecule has 2 N–H and O–H groups in total. The minimum absolute atomic E-state index is 0.0932. The van der Waals surface area contributed by atoms with Gasteiger partial charge in [-0.25, -0.2) is 0 Å². The number of aromatic nitrogens is 2. The summed E-state index contributed by atoms with van der Waals surface area (Å²) in [6.07, 6.45) is 4.23. The normalized spacial score (nSPS) is 23.2. The monoisotopic (exact) mass is 241 g/mol. The van der Waals surface area contributed by atoms with E-state index < -0.39 is 0 Å². The molecule has 0 bridgehead atoms. The Labute approximate surface area is 100 Å². The van der Waals surface area contributed by atoms with Crippen molar-refractivity contribution in [1.29, 1.82) is 0 Å². The van der Waals surface area contributed by atoms with E-state index in [2.05, 4.69) is 10.1 Å². The number of hydrogen-bond acceptors (Lipinski definition) is 5. The lowest BCUT2D eigenvalue weighted by atomic mass is 10.0. The molecule has 90 valence electrons. The van der Waals surface area contributed by atoms with Crippen molar-refractivity contribution in [3.8, 4) is 0 Å². The van der Waals surface area contributed by atoms with Gasteiger partial charge < -0.3 is 10.3 Å². The van der Waals surface area contributed by atoms with Gasteiger partial charge in [-0.2, -0.15) is 16.7 Å². The van der Waals surface area contributed by atoms with E-state index in [0.717, 1.165) is 18.1 Å². The predicted octanol–water partition coefficient (Wildman–Crippen LogP) is 1.65. The fourth-order valence-electron chi connectivity index (χ4n) is 1.96. The van der Waals surface area contributed by atoms with Crippen molar-refractivity contribution in [2.24, 2.45) is 11.7 Å². The molecule has 2 unspecified atom stereocenters. The molecule has 0 amide bonds. The molecule has 1 aromatic rings. The Balaban J connectivity index is 1.86. The van der Waals surface area contributed by atoms with E-state index in [9.17, 15) is 0 Å². The zero-order valence-corrected chi connectivity index (χ0v) is 10.5. The Bertz CT molecular complexity index is 321. The highest BCUT2D eigenvalue weighted by atomic mass is 32.2. The zero-order valence-electron chi connectivity index (χ0n) is 9.69. The Kier molecular flexibility index (Phi) is 4.23. The maximum Gasteiger partial charge on any atom is 0.226 e. The molecule has 16 heavy (non-hydrogen) atoms. The van der Waals surface area contributed by atoms with Crippen LogP contribution in [0.4, 0.5) is 0 Å². The number of nitrogens with zero attached hydrogens (tertiary/aromatic N) is 2. The summed E-state index contributed by atoms with van der Waals surface area (Å²) in [5.41, 5.74) is 5.69. The van der Waals surface area contributed by atoms with Gasteiger partial charge >= 0.3 is 0 Å². The van der Waals surface area contributed by atoms with Gasteiger partial charge in [-0.05, 0) is 37.2 Å². The van der Waals surface area contributed by atoms with Crippen molar-refractivity contribution in [2.75, 3.05) is 11.5 Å². The minimum atomic E-state index is 0.0932. The number of rotatable bonds is 4. The van der Waals surface area contributed by atoms with Gasteiger partial charge in [-0.15, -0.1) is 0 Å². The highest BCUT2D eigenvalue weighted by Gasteiger charge is 2.18. The summed E-state index contributed by atoms with van der Waals surface area (Å²) in [7, 11) is 0. The predicted molar refractivity (Wildman–Crippen MR) is 65.4 cm³/mol. The summed E-state index contributed by atoms with van der Waals surface area (Å²) in [5, 5.41) is 3.95. The molecule has 2 rings (SSSR count). The molecule has 2 heterocycles. The summed E-state index contributed by atoms with van der Waals surface area (Å²) in [6, 6.07) is 0.0932. The SMILES string of the molecule is CC(N)Cc1noc(CC2CCCSC2)n1. The fourth-order valence-corrected chi connectivity index (χ4v) is 3.11. The van der Waals surface area contributed by atoms with E-state index in [1.807, 2.05) is 18.7 Å². The first-order valence-corrected chi connectivity index (χ1v) is 7.04. The van der Waals surface area contributed by atoms with Crippen LogP contribution < -0.4 is 5.73 Å². The second-order valence-electron chi connectivity index (χ2n) is 4.57. The molecule has 5 heteroatoms. The van der Waals surface area contributed by atoms with Crippen LogP contribution in [0.25, 0.3) is 0 Å². The van der Waals surface area contributed by atoms with Gasteiger partial charge in [0.25, 0.3) is 0 Å². The van der Waals surface area contributed by atoms with Gasteiger partial charge in [0, 0.05) is 18.9 Å². The topological polar surface area (TPSA) is 64.9 Å². The summed E-state index contributed by atoms with van der Waals surface area (Å²) in [6.45, 7) is 1.95. The third-order valence-electron chi connectivity index (χ3n) is 2.73. The summed E-state index contributed by atoms with van der Waals surface area (Å²) >= 11 is 2.03. The first-order chi connectivity index (χ1) is 7.74. The van der Waals surface area contributed by atoms with Gasteiger partial charge in [0.15, 0.2) is 5.82 Å². The highest BCUT2D eigenvalue weighted by Crippen LogP contribution is 2.25. The molecule has 0 radical (unpaired) electrons. The van der Waals surface area contributed by atoms with Gasteiger partial charge in [-0.1, -0.05) is 5.16 Å². The van der Waals surface area contributed by atoms with E-state index >= 15 is 0 Å². The first-order valence-electron chi connectivity index (χ1n) is 5.89. The summed E-state index contributed by atoms with van der Waals surface area (Å²) < 4.78 is 5.24. The van der Waals surface area contributed by atoms with E-state index in [1.54, 1.807) is 0 Å². The van der Waals surface area contributed by atoms with Crippen molar-refractivity contribution in [3.05, 3.63) is 11.7 Å². The first kappa shape index (κ1) is 11.9. The van der Waals surface area contributed by atoms with Gasteiger partial charge in [0.2, 0.25) is 5.89 Å². The van der Waals surface area contributed by atoms with E-state index in [1.165, 1.54) is 24.3 Å². The van der Waals surface area contributed by atoms with Crippen molar-refractivity contribution < 1.29 is 4.52 Å². The molecular weight excluding hydrogens is 222 g/mol. The molecule has 1 saturated heterocycles. The maximum atomic E-state index is 5.69. The van der Waals surface area contributed by atoms with Crippen LogP contribution in [0, 0.1) is 5.92 Å². The molecule has 1 aliphatic rings. The molecule has 0 saturated carbocycles. The smallest absolute Gasteiger partial charge is 0.226 e. The minimum Gasteiger partial charge on any atom is -0.339 e. The lowest BCUT2D eigenvalue weighted by Gasteiger charge is -2.19. The Morgan fingerprint density at radius 1 is 1.62 bits per heavy atom. The molecule has 4 nitrogen and oxygen atoms in total. The van der Waals surface area contributed by atoms with Gasteiger partial charge in [-0.3, -0.25) is 0 Å². The van der Waals surface area contributed by atoms with Crippen LogP contribution >= 0.6 is 11.8 Å². The van der Waals surface area contributed by atoms with Crippen LogP contribution in [0.15, 0.2) is 4.52 Å². The lowest BCUT2D eigenvalue weighted by Crippen LogP contribution is -2.18. The fraction of sp³-hybridized carbons (Fsp3) is 0.818. The van der Waals surface area contributed by atoms with Crippen molar-refractivity contribution in [3.63, 3.8) is 0 Å². The molecular formula is C11H19N3OS. The second-order valence-corrected chi connectivity index (χ2v) is 5.72. The van der Waals surface area contributed by atoms with E-state index in [4.69, 9.17) is 10.3 Å². The number of hydrogen-bond donors (Lipinski definition) is 1. The van der Waals surface area contributed by atoms with Crippen LogP contribution in [0.3, 0.4) is 0 Å². The number of nitrogens with two attached hydrogens (primary N) is 1. The molecule has 1 aliphatic heterocycles. The quantitative estimate of drug-likeness (QED) is 0.868. The highest BCUT2D eigenvalue weighted by molar-refractivity contribution is 7.99. The van der Waals surface area contributed by atoms with E-state index in [-0.39, 0.29) is 6.04 Å². The van der Waals surface area contributed by atoms with Crippen molar-refractivity contribution in [2.45, 2.75) is 38.6 Å². The molecule has 0 aromatic carbocycles. The zero-order chi connectivity index (χ0) is 11.4. The van der Waals surface area contributed by atoms with Crippen LogP contribution in [0.1, 0.15) is 31.5 Å². The van der Waals surface area contributed by atoms with Gasteiger partial charge in [0.1, 0.15) is 0 Å². The third-order valence-corrected chi connectivity index (χ3v) is 4.02. The summed E-state index contributed by atoms with van der Waals surface area (Å²) in [5.74, 6) is 4.76. The molecule has 1 aromatic heterocycles. The molecule has 0 spiro atoms. The van der Waals surface area contributed by atoms with Gasteiger partial charge in [0.05, 0.1) is 0 Å². The van der Waals surface area contributed by atoms with Crippen molar-refractivity contribution in [1.82, 2.24) is 10.1 Å². The average molecular weight is 241 g/mol. The van der Waals surface area contributed by atoms with Crippen molar-refractivity contribution >= 4 is 11.8 Å². The van der Waals surface area contributed by atoms with Crippen LogP contribution in [-0.2, 0) is 12.8 Å². The molecule has 1 fully saturated rings. The number of thioether (sulfide) groups is 1. The average Bonchev–Trinajstić information content (AvgIpc) is 2.66. The van der Waals surface area contributed by atoms with Crippen LogP contribution in [0.2, 0.25) is 0 Å². The maximum absolute atomic E-state index is 5.69. The second kappa shape index (κ2) is 5.68. The standard InChI is InChI=1S/C11H19N3OS/c1-8(12)5-10-13-11(15-14-10)6-9-3-2-4-16-7-9/h8-9H,2-7,12H2,1H3. The lowest BCUT2D eigenvalue weighted by molar-refractivity contribution is 0.348. The molecule has 2 atom stereocenters. The Hall–Kier alpha value is -0.550. The van der Waals surface area contributed by atoms with Crippen LogP contribution in [-0.4, -0.2) is 27.7 Å². The summed E-state index contributed by atoms with van der Waals surface area (Å²) in [4.78, 5) is 4.38. The largest absolute Gasteiger partial charge is 0.339 e. The Morgan fingerprint density at radius 3 is 3.19 bits per heavy atom. The molecule has 0 aliphatic carbocycles. The van der Waals surface area contributed by atoms with Crippen LogP contribution in [0.5, 0.6) is 0 Å².